The number of carbonyl (C=O) groups is 2. The molecular formula is C23H29BrN2O3. The standard InChI is InChI=1S/C23H29BrN2O3/c1-4-5-12-25-23(28)18(3)26(15-19-9-7-10-20(24)14-19)22(27)16-29-21-11-6-8-17(2)13-21/h6-11,13-14,18H,4-5,12,15-16H2,1-3H3,(H,25,28). The molecule has 0 aromatic heterocycles. The van der Waals surface area contributed by atoms with Crippen LogP contribution >= 0.6 is 15.9 Å². The van der Waals surface area contributed by atoms with Gasteiger partial charge in [0.15, 0.2) is 6.61 Å². The minimum atomic E-state index is -0.598. The number of aryl methyl sites for hydroxylation is 1. The molecule has 0 saturated heterocycles. The zero-order valence-corrected chi connectivity index (χ0v) is 18.9. The Balaban J connectivity index is 2.11. The van der Waals surface area contributed by atoms with Gasteiger partial charge in [-0.1, -0.05) is 53.5 Å². The van der Waals surface area contributed by atoms with Gasteiger partial charge in [-0.15, -0.1) is 0 Å². The molecule has 0 aliphatic carbocycles. The molecule has 0 aliphatic rings. The van der Waals surface area contributed by atoms with E-state index in [1.165, 1.54) is 0 Å². The predicted octanol–water partition coefficient (Wildman–Crippen LogP) is 4.47. The monoisotopic (exact) mass is 460 g/mol. The van der Waals surface area contributed by atoms with Gasteiger partial charge in [-0.25, -0.2) is 0 Å². The van der Waals surface area contributed by atoms with Gasteiger partial charge in [-0.05, 0) is 55.7 Å². The summed E-state index contributed by atoms with van der Waals surface area (Å²) in [6.45, 7) is 6.61. The first-order valence-corrected chi connectivity index (χ1v) is 10.7. The van der Waals surface area contributed by atoms with Crippen molar-refractivity contribution in [3.63, 3.8) is 0 Å². The fraction of sp³-hybridized carbons (Fsp3) is 0.391. The van der Waals surface area contributed by atoms with Gasteiger partial charge in [0, 0.05) is 17.6 Å². The molecule has 0 heterocycles. The van der Waals surface area contributed by atoms with Gasteiger partial charge >= 0.3 is 0 Å². The highest BCUT2D eigenvalue weighted by Crippen LogP contribution is 2.17. The van der Waals surface area contributed by atoms with Crippen molar-refractivity contribution in [2.75, 3.05) is 13.2 Å². The molecule has 1 N–H and O–H groups in total. The summed E-state index contributed by atoms with van der Waals surface area (Å²) in [5, 5.41) is 2.91. The van der Waals surface area contributed by atoms with E-state index >= 15 is 0 Å². The summed E-state index contributed by atoms with van der Waals surface area (Å²) in [7, 11) is 0. The van der Waals surface area contributed by atoms with E-state index in [9.17, 15) is 9.59 Å². The van der Waals surface area contributed by atoms with Gasteiger partial charge in [0.1, 0.15) is 11.8 Å². The summed E-state index contributed by atoms with van der Waals surface area (Å²) in [5.41, 5.74) is 2.00. The Kier molecular flexibility index (Phi) is 9.19. The lowest BCUT2D eigenvalue weighted by Gasteiger charge is -2.29. The highest BCUT2D eigenvalue weighted by atomic mass is 79.9. The molecule has 1 atom stereocenters. The summed E-state index contributed by atoms with van der Waals surface area (Å²) < 4.78 is 6.62. The molecule has 2 aromatic carbocycles. The summed E-state index contributed by atoms with van der Waals surface area (Å²) in [4.78, 5) is 27.1. The number of hydrogen-bond acceptors (Lipinski definition) is 3. The molecule has 0 aliphatic heterocycles. The second-order valence-electron chi connectivity index (χ2n) is 7.08. The Bertz CT molecular complexity index is 825. The van der Waals surface area contributed by atoms with E-state index in [1.807, 2.05) is 55.5 Å². The zero-order chi connectivity index (χ0) is 21.2. The molecule has 0 fully saturated rings. The quantitative estimate of drug-likeness (QED) is 0.532. The van der Waals surface area contributed by atoms with Crippen molar-refractivity contribution < 1.29 is 14.3 Å². The average molecular weight is 461 g/mol. The van der Waals surface area contributed by atoms with Crippen molar-refractivity contribution in [2.45, 2.75) is 46.2 Å². The van der Waals surface area contributed by atoms with Crippen LogP contribution in [-0.4, -0.2) is 35.9 Å². The minimum absolute atomic E-state index is 0.121. The minimum Gasteiger partial charge on any atom is -0.484 e. The fourth-order valence-corrected chi connectivity index (χ4v) is 3.33. The van der Waals surface area contributed by atoms with Crippen molar-refractivity contribution in [1.29, 1.82) is 0 Å². The molecule has 29 heavy (non-hydrogen) atoms. The largest absolute Gasteiger partial charge is 0.484 e. The summed E-state index contributed by atoms with van der Waals surface area (Å²) in [6, 6.07) is 14.7. The number of ether oxygens (including phenoxy) is 1. The number of unbranched alkanes of at least 4 members (excludes halogenated alkanes) is 1. The van der Waals surface area contributed by atoms with Crippen LogP contribution in [0.3, 0.4) is 0 Å². The average Bonchev–Trinajstić information content (AvgIpc) is 2.70. The van der Waals surface area contributed by atoms with Crippen LogP contribution in [0.5, 0.6) is 5.75 Å². The third kappa shape index (κ3) is 7.54. The molecular weight excluding hydrogens is 432 g/mol. The molecule has 2 amide bonds. The number of carbonyl (C=O) groups excluding carboxylic acids is 2. The number of amides is 2. The van der Waals surface area contributed by atoms with Crippen LogP contribution in [0.15, 0.2) is 53.0 Å². The van der Waals surface area contributed by atoms with Gasteiger partial charge in [0.05, 0.1) is 0 Å². The Hall–Kier alpha value is -2.34. The van der Waals surface area contributed by atoms with Crippen molar-refractivity contribution in [3.8, 4) is 5.75 Å². The van der Waals surface area contributed by atoms with Crippen molar-refractivity contribution >= 4 is 27.7 Å². The number of halogens is 1. The molecule has 0 spiro atoms. The van der Waals surface area contributed by atoms with Crippen LogP contribution in [-0.2, 0) is 16.1 Å². The smallest absolute Gasteiger partial charge is 0.261 e. The third-order valence-electron chi connectivity index (χ3n) is 4.59. The van der Waals surface area contributed by atoms with Gasteiger partial charge in [0.25, 0.3) is 5.91 Å². The highest BCUT2D eigenvalue weighted by molar-refractivity contribution is 9.10. The molecule has 1 unspecified atom stereocenters. The molecule has 5 nitrogen and oxygen atoms in total. The fourth-order valence-electron chi connectivity index (χ4n) is 2.88. The first kappa shape index (κ1) is 22.9. The lowest BCUT2D eigenvalue weighted by atomic mass is 10.1. The lowest BCUT2D eigenvalue weighted by Crippen LogP contribution is -2.49. The second-order valence-corrected chi connectivity index (χ2v) is 7.99. The molecule has 156 valence electrons. The number of rotatable bonds is 10. The maximum Gasteiger partial charge on any atom is 0.261 e. The summed E-state index contributed by atoms with van der Waals surface area (Å²) in [5.74, 6) is 0.253. The zero-order valence-electron chi connectivity index (χ0n) is 17.3. The first-order chi connectivity index (χ1) is 13.9. The van der Waals surface area contributed by atoms with Crippen LogP contribution in [0.2, 0.25) is 0 Å². The Morgan fingerprint density at radius 1 is 1.17 bits per heavy atom. The van der Waals surface area contributed by atoms with Gasteiger partial charge in [0.2, 0.25) is 5.91 Å². The maximum atomic E-state index is 13.0. The molecule has 6 heteroatoms. The molecule has 0 radical (unpaired) electrons. The van der Waals surface area contributed by atoms with Gasteiger partial charge in [-0.2, -0.15) is 0 Å². The molecule has 0 bridgehead atoms. The molecule has 2 rings (SSSR count). The second kappa shape index (κ2) is 11.6. The van der Waals surface area contributed by atoms with Crippen LogP contribution in [0.25, 0.3) is 0 Å². The Morgan fingerprint density at radius 3 is 2.62 bits per heavy atom. The normalized spacial score (nSPS) is 11.6. The number of nitrogens with zero attached hydrogens (tertiary/aromatic N) is 1. The number of nitrogens with one attached hydrogen (secondary N) is 1. The first-order valence-electron chi connectivity index (χ1n) is 9.91. The Labute approximate surface area is 181 Å². The predicted molar refractivity (Wildman–Crippen MR) is 119 cm³/mol. The van der Waals surface area contributed by atoms with Crippen LogP contribution in [0, 0.1) is 6.92 Å². The van der Waals surface area contributed by atoms with Crippen LogP contribution < -0.4 is 10.1 Å². The van der Waals surface area contributed by atoms with Crippen molar-refractivity contribution in [2.24, 2.45) is 0 Å². The lowest BCUT2D eigenvalue weighted by molar-refractivity contribution is -0.142. The number of benzene rings is 2. The topological polar surface area (TPSA) is 58.6 Å². The van der Waals surface area contributed by atoms with Crippen LogP contribution in [0.4, 0.5) is 0 Å². The van der Waals surface area contributed by atoms with E-state index in [1.54, 1.807) is 11.8 Å². The van der Waals surface area contributed by atoms with E-state index in [2.05, 4.69) is 28.2 Å². The van der Waals surface area contributed by atoms with E-state index < -0.39 is 6.04 Å². The summed E-state index contributed by atoms with van der Waals surface area (Å²) >= 11 is 3.46. The van der Waals surface area contributed by atoms with Crippen molar-refractivity contribution in [3.05, 3.63) is 64.1 Å². The number of hydrogen-bond donors (Lipinski definition) is 1. The van der Waals surface area contributed by atoms with Crippen molar-refractivity contribution in [1.82, 2.24) is 10.2 Å². The van der Waals surface area contributed by atoms with E-state index in [4.69, 9.17) is 4.74 Å². The SMILES string of the molecule is CCCCNC(=O)C(C)N(Cc1cccc(Br)c1)C(=O)COc1cccc(C)c1. The van der Waals surface area contributed by atoms with Gasteiger partial charge < -0.3 is 15.0 Å². The summed E-state index contributed by atoms with van der Waals surface area (Å²) in [6.07, 6.45) is 1.91. The molecule has 2 aromatic rings. The third-order valence-corrected chi connectivity index (χ3v) is 5.08. The van der Waals surface area contributed by atoms with E-state index in [0.29, 0.717) is 18.8 Å². The van der Waals surface area contributed by atoms with E-state index in [0.717, 1.165) is 28.4 Å². The van der Waals surface area contributed by atoms with Gasteiger partial charge in [-0.3, -0.25) is 9.59 Å². The van der Waals surface area contributed by atoms with Crippen LogP contribution in [0.1, 0.15) is 37.8 Å². The van der Waals surface area contributed by atoms with E-state index in [-0.39, 0.29) is 18.4 Å². The molecule has 0 saturated carbocycles. The maximum absolute atomic E-state index is 13.0. The highest BCUT2D eigenvalue weighted by Gasteiger charge is 2.26. The Morgan fingerprint density at radius 2 is 1.93 bits per heavy atom.